The van der Waals surface area contributed by atoms with E-state index in [1.807, 2.05) is 0 Å². The molecule has 4 nitrogen and oxygen atoms in total. The number of alkyl halides is 3. The lowest BCUT2D eigenvalue weighted by molar-refractivity contribution is -0.303. The first-order chi connectivity index (χ1) is 7.24. The molecule has 0 heterocycles. The molecule has 7 heteroatoms. The number of amides is 2. The molecule has 0 saturated carbocycles. The minimum Gasteiger partial charge on any atom is -0.406 e. The van der Waals surface area contributed by atoms with Crippen LogP contribution in [0.4, 0.5) is 18.0 Å². The van der Waals surface area contributed by atoms with Crippen molar-refractivity contribution in [2.75, 3.05) is 7.05 Å². The van der Waals surface area contributed by atoms with Crippen LogP contribution in [0.15, 0.2) is 36.8 Å². The number of carbonyl (C=O) groups excluding carboxylic acids is 1. The number of halogens is 3. The van der Waals surface area contributed by atoms with Crippen LogP contribution in [0, 0.1) is 0 Å². The minimum absolute atomic E-state index is 0.103. The molecule has 0 bridgehead atoms. The number of hydrogen-bond donors (Lipinski definition) is 2. The van der Waals surface area contributed by atoms with E-state index in [-0.39, 0.29) is 5.70 Å². The Labute approximate surface area is 90.5 Å². The molecule has 90 valence electrons. The van der Waals surface area contributed by atoms with Gasteiger partial charge in [0.05, 0.1) is 0 Å². The Bertz CT molecular complexity index is 321. The largest absolute Gasteiger partial charge is 0.573 e. The molecular formula is C9H11F3N2O2. The van der Waals surface area contributed by atoms with Crippen molar-refractivity contribution in [2.45, 2.75) is 6.36 Å². The molecule has 16 heavy (non-hydrogen) atoms. The quantitative estimate of drug-likeness (QED) is 0.579. The van der Waals surface area contributed by atoms with Crippen LogP contribution >= 0.6 is 0 Å². The Kier molecular flexibility index (Phi) is 5.14. The van der Waals surface area contributed by atoms with Crippen LogP contribution in [0.1, 0.15) is 0 Å². The molecule has 0 aromatic heterocycles. The number of hydrogen-bond acceptors (Lipinski definition) is 2. The molecular weight excluding hydrogens is 225 g/mol. The first-order valence-corrected chi connectivity index (χ1v) is 4.05. The molecule has 0 spiro atoms. The van der Waals surface area contributed by atoms with Crippen LogP contribution in [-0.4, -0.2) is 19.4 Å². The SMILES string of the molecule is C=C(/C=C\C(=C)OC(F)(F)F)NC(=O)NC. The van der Waals surface area contributed by atoms with Crippen LogP contribution in [0.5, 0.6) is 0 Å². The van der Waals surface area contributed by atoms with Gasteiger partial charge in [-0.25, -0.2) is 4.79 Å². The van der Waals surface area contributed by atoms with Gasteiger partial charge in [-0.1, -0.05) is 13.2 Å². The van der Waals surface area contributed by atoms with E-state index in [1.54, 1.807) is 0 Å². The van der Waals surface area contributed by atoms with Gasteiger partial charge in [0.1, 0.15) is 5.76 Å². The van der Waals surface area contributed by atoms with Crippen molar-refractivity contribution in [1.82, 2.24) is 10.6 Å². The Morgan fingerprint density at radius 1 is 1.31 bits per heavy atom. The van der Waals surface area contributed by atoms with E-state index in [4.69, 9.17) is 0 Å². The summed E-state index contributed by atoms with van der Waals surface area (Å²) in [7, 11) is 1.39. The molecule has 2 N–H and O–H groups in total. The zero-order chi connectivity index (χ0) is 12.8. The van der Waals surface area contributed by atoms with E-state index in [0.29, 0.717) is 0 Å². The van der Waals surface area contributed by atoms with Crippen LogP contribution in [-0.2, 0) is 4.74 Å². The summed E-state index contributed by atoms with van der Waals surface area (Å²) in [6, 6.07) is -0.531. The lowest BCUT2D eigenvalue weighted by atomic mass is 10.4. The van der Waals surface area contributed by atoms with Crippen LogP contribution < -0.4 is 10.6 Å². The van der Waals surface area contributed by atoms with Crippen molar-refractivity contribution in [2.24, 2.45) is 0 Å². The molecule has 0 atom stereocenters. The zero-order valence-electron chi connectivity index (χ0n) is 8.52. The molecule has 0 aliphatic heterocycles. The summed E-state index contributed by atoms with van der Waals surface area (Å²) >= 11 is 0. The maximum absolute atomic E-state index is 11.7. The number of rotatable bonds is 4. The molecule has 0 radical (unpaired) electrons. The van der Waals surface area contributed by atoms with Gasteiger partial charge in [0, 0.05) is 12.7 Å². The van der Waals surface area contributed by atoms with Crippen molar-refractivity contribution >= 4 is 6.03 Å². The molecule has 0 aliphatic rings. The van der Waals surface area contributed by atoms with Crippen molar-refractivity contribution in [3.63, 3.8) is 0 Å². The number of allylic oxidation sites excluding steroid dienone is 2. The van der Waals surface area contributed by atoms with Crippen molar-refractivity contribution < 1.29 is 22.7 Å². The first-order valence-electron chi connectivity index (χ1n) is 4.05. The van der Waals surface area contributed by atoms with Gasteiger partial charge in [-0.3, -0.25) is 0 Å². The van der Waals surface area contributed by atoms with Crippen molar-refractivity contribution in [3.8, 4) is 0 Å². The Morgan fingerprint density at radius 3 is 2.31 bits per heavy atom. The van der Waals surface area contributed by atoms with Gasteiger partial charge in [-0.2, -0.15) is 0 Å². The van der Waals surface area contributed by atoms with Crippen molar-refractivity contribution in [1.29, 1.82) is 0 Å². The highest BCUT2D eigenvalue weighted by atomic mass is 19.4. The highest BCUT2D eigenvalue weighted by Crippen LogP contribution is 2.20. The summed E-state index contributed by atoms with van der Waals surface area (Å²) in [5.74, 6) is -0.604. The normalized spacial score (nSPS) is 11.0. The number of carbonyl (C=O) groups is 1. The second-order valence-corrected chi connectivity index (χ2v) is 2.58. The average molecular weight is 236 g/mol. The van der Waals surface area contributed by atoms with E-state index in [9.17, 15) is 18.0 Å². The minimum atomic E-state index is -4.78. The smallest absolute Gasteiger partial charge is 0.406 e. The lowest BCUT2D eigenvalue weighted by Crippen LogP contribution is -2.31. The third kappa shape index (κ3) is 7.48. The fourth-order valence-corrected chi connectivity index (χ4v) is 0.626. The summed E-state index contributed by atoms with van der Waals surface area (Å²) in [5.41, 5.74) is 0.103. The van der Waals surface area contributed by atoms with E-state index < -0.39 is 18.2 Å². The third-order valence-corrected chi connectivity index (χ3v) is 1.22. The standard InChI is InChI=1S/C9H11F3N2O2/c1-6(14-8(15)13-3)4-5-7(2)16-9(10,11)12/h4-5H,1-2H2,3H3,(H2,13,14,15)/b5-4-. The summed E-state index contributed by atoms with van der Waals surface area (Å²) in [6.07, 6.45) is -2.72. The summed E-state index contributed by atoms with van der Waals surface area (Å²) in [5, 5.41) is 4.48. The molecule has 0 saturated heterocycles. The van der Waals surface area contributed by atoms with Gasteiger partial charge in [-0.05, 0) is 12.2 Å². The molecule has 0 aromatic rings. The van der Waals surface area contributed by atoms with E-state index in [0.717, 1.165) is 12.2 Å². The van der Waals surface area contributed by atoms with Gasteiger partial charge in [-0.15, -0.1) is 13.2 Å². The number of ether oxygens (including phenoxy) is 1. The van der Waals surface area contributed by atoms with E-state index in [2.05, 4.69) is 28.5 Å². The predicted octanol–water partition coefficient (Wildman–Crippen LogP) is 2.04. The first kappa shape index (κ1) is 14.1. The molecule has 0 rings (SSSR count). The van der Waals surface area contributed by atoms with Gasteiger partial charge in [0.2, 0.25) is 0 Å². The van der Waals surface area contributed by atoms with Crippen LogP contribution in [0.3, 0.4) is 0 Å². The zero-order valence-corrected chi connectivity index (χ0v) is 8.52. The molecule has 0 fully saturated rings. The average Bonchev–Trinajstić information content (AvgIpc) is 2.12. The van der Waals surface area contributed by atoms with Gasteiger partial charge in [0.25, 0.3) is 0 Å². The second kappa shape index (κ2) is 5.84. The summed E-state index contributed by atoms with van der Waals surface area (Å²) < 4.78 is 38.5. The number of nitrogens with one attached hydrogen (secondary N) is 2. The summed E-state index contributed by atoms with van der Waals surface area (Å²) in [4.78, 5) is 10.7. The van der Waals surface area contributed by atoms with E-state index in [1.165, 1.54) is 7.05 Å². The molecule has 0 aromatic carbocycles. The fraction of sp³-hybridized carbons (Fsp3) is 0.222. The van der Waals surface area contributed by atoms with E-state index >= 15 is 0 Å². The van der Waals surface area contributed by atoms with Crippen LogP contribution in [0.25, 0.3) is 0 Å². The maximum atomic E-state index is 11.7. The molecule has 0 aliphatic carbocycles. The second-order valence-electron chi connectivity index (χ2n) is 2.58. The van der Waals surface area contributed by atoms with Crippen molar-refractivity contribution in [3.05, 3.63) is 36.8 Å². The maximum Gasteiger partial charge on any atom is 0.573 e. The third-order valence-electron chi connectivity index (χ3n) is 1.22. The molecule has 2 amide bonds. The van der Waals surface area contributed by atoms with Gasteiger partial charge < -0.3 is 15.4 Å². The monoisotopic (exact) mass is 236 g/mol. The topological polar surface area (TPSA) is 50.4 Å². The van der Waals surface area contributed by atoms with Crippen LogP contribution in [0.2, 0.25) is 0 Å². The Balaban J connectivity index is 4.14. The van der Waals surface area contributed by atoms with Gasteiger partial charge >= 0.3 is 12.4 Å². The Hall–Kier alpha value is -1.92. The highest BCUT2D eigenvalue weighted by molar-refractivity contribution is 5.75. The predicted molar refractivity (Wildman–Crippen MR) is 52.2 cm³/mol. The number of urea groups is 1. The fourth-order valence-electron chi connectivity index (χ4n) is 0.626. The highest BCUT2D eigenvalue weighted by Gasteiger charge is 2.30. The Morgan fingerprint density at radius 2 is 1.88 bits per heavy atom. The van der Waals surface area contributed by atoms with Gasteiger partial charge in [0.15, 0.2) is 0 Å². The summed E-state index contributed by atoms with van der Waals surface area (Å²) in [6.45, 7) is 6.39. The molecule has 0 unspecified atom stereocenters. The lowest BCUT2D eigenvalue weighted by Gasteiger charge is -2.08.